The number of amides is 2. The molecule has 40 heavy (non-hydrogen) atoms. The molecule has 1 aliphatic heterocycles. The number of anilines is 1. The number of hydrogen-bond donors (Lipinski definition) is 1. The van der Waals surface area contributed by atoms with Gasteiger partial charge in [-0.05, 0) is 50.8 Å². The van der Waals surface area contributed by atoms with Crippen molar-refractivity contribution in [2.75, 3.05) is 30.3 Å². The molecule has 1 fully saturated rings. The molecular weight excluding hydrogens is 530 g/mol. The summed E-state index contributed by atoms with van der Waals surface area (Å²) < 4.78 is 37.8. The number of fused-ring (bicyclic) bond motifs is 1. The van der Waals surface area contributed by atoms with Crippen molar-refractivity contribution in [2.24, 2.45) is 0 Å². The van der Waals surface area contributed by atoms with E-state index in [2.05, 4.69) is 5.32 Å². The van der Waals surface area contributed by atoms with Crippen LogP contribution < -0.4 is 19.1 Å². The molecule has 0 aromatic heterocycles. The summed E-state index contributed by atoms with van der Waals surface area (Å²) in [5.74, 6) is 0.729. The Bertz CT molecular complexity index is 1290. The molecule has 1 unspecified atom stereocenters. The van der Waals surface area contributed by atoms with Crippen LogP contribution in [0.1, 0.15) is 63.0 Å². The highest BCUT2D eigenvalue weighted by Crippen LogP contribution is 2.34. The predicted molar refractivity (Wildman–Crippen MR) is 155 cm³/mol. The molecule has 0 radical (unpaired) electrons. The minimum atomic E-state index is -3.61. The lowest BCUT2D eigenvalue weighted by molar-refractivity contribution is -0.141. The number of carbonyl (C=O) groups is 2. The van der Waals surface area contributed by atoms with Gasteiger partial charge < -0.3 is 19.7 Å². The van der Waals surface area contributed by atoms with Gasteiger partial charge in [-0.1, -0.05) is 49.1 Å². The molecule has 1 aliphatic carbocycles. The van der Waals surface area contributed by atoms with Crippen molar-refractivity contribution in [3.05, 3.63) is 53.6 Å². The van der Waals surface area contributed by atoms with Gasteiger partial charge >= 0.3 is 0 Å². The first-order chi connectivity index (χ1) is 19.1. The first kappa shape index (κ1) is 29.7. The second-order valence-electron chi connectivity index (χ2n) is 10.8. The highest BCUT2D eigenvalue weighted by molar-refractivity contribution is 7.92. The van der Waals surface area contributed by atoms with E-state index in [9.17, 15) is 18.0 Å². The zero-order valence-electron chi connectivity index (χ0n) is 23.7. The van der Waals surface area contributed by atoms with Crippen molar-refractivity contribution >= 4 is 27.5 Å². The third-order valence-corrected chi connectivity index (χ3v) is 8.71. The number of benzene rings is 2. The lowest BCUT2D eigenvalue weighted by Gasteiger charge is -2.31. The molecule has 2 amide bonds. The van der Waals surface area contributed by atoms with Gasteiger partial charge in [0, 0.05) is 31.6 Å². The topological polar surface area (TPSA) is 105 Å². The minimum absolute atomic E-state index is 0.101. The maximum absolute atomic E-state index is 13.6. The number of hydrogen-bond acceptors (Lipinski definition) is 6. The number of rotatable bonds is 11. The van der Waals surface area contributed by atoms with Gasteiger partial charge in [0.2, 0.25) is 21.8 Å². The summed E-state index contributed by atoms with van der Waals surface area (Å²) in [6.45, 7) is 5.02. The van der Waals surface area contributed by atoms with Gasteiger partial charge in [-0.25, -0.2) is 8.42 Å². The van der Waals surface area contributed by atoms with Crippen molar-refractivity contribution < 1.29 is 27.5 Å². The maximum atomic E-state index is 13.6. The van der Waals surface area contributed by atoms with Crippen LogP contribution in [0.25, 0.3) is 0 Å². The van der Waals surface area contributed by atoms with E-state index in [1.165, 1.54) is 10.7 Å². The molecule has 0 saturated heterocycles. The number of nitrogens with zero attached hydrogens (tertiary/aromatic N) is 2. The van der Waals surface area contributed by atoms with Crippen molar-refractivity contribution in [3.63, 3.8) is 0 Å². The van der Waals surface area contributed by atoms with Gasteiger partial charge in [0.05, 0.1) is 11.9 Å². The number of carbonyl (C=O) groups excluding carboxylic acids is 2. The summed E-state index contributed by atoms with van der Waals surface area (Å²) in [5, 5.41) is 3.15. The fourth-order valence-corrected chi connectivity index (χ4v) is 6.31. The van der Waals surface area contributed by atoms with Crippen molar-refractivity contribution in [3.8, 4) is 11.5 Å². The Kier molecular flexibility index (Phi) is 9.95. The summed E-state index contributed by atoms with van der Waals surface area (Å²) in [5.41, 5.74) is 2.48. The first-order valence-electron chi connectivity index (χ1n) is 14.1. The van der Waals surface area contributed by atoms with Crippen molar-refractivity contribution in [1.82, 2.24) is 10.2 Å². The van der Waals surface area contributed by atoms with E-state index in [-0.39, 0.29) is 30.8 Å². The normalized spacial score (nSPS) is 16.2. The molecule has 1 atom stereocenters. The molecule has 10 heteroatoms. The van der Waals surface area contributed by atoms with E-state index in [4.69, 9.17) is 9.47 Å². The number of sulfonamides is 1. The Labute approximate surface area is 237 Å². The van der Waals surface area contributed by atoms with Crippen molar-refractivity contribution in [1.29, 1.82) is 0 Å². The molecule has 1 saturated carbocycles. The molecule has 2 aromatic carbocycles. The summed E-state index contributed by atoms with van der Waals surface area (Å²) in [6, 6.07) is 12.4. The molecule has 0 bridgehead atoms. The maximum Gasteiger partial charge on any atom is 0.242 e. The van der Waals surface area contributed by atoms with Crippen LogP contribution in [0.4, 0.5) is 5.69 Å². The van der Waals surface area contributed by atoms with Gasteiger partial charge in [-0.3, -0.25) is 13.9 Å². The Hall–Kier alpha value is -3.27. The van der Waals surface area contributed by atoms with E-state index in [1.54, 1.807) is 30.0 Å². The molecule has 1 heterocycles. The fraction of sp³-hybridized carbons (Fsp3) is 0.533. The van der Waals surface area contributed by atoms with Gasteiger partial charge in [0.1, 0.15) is 19.3 Å². The Morgan fingerprint density at radius 2 is 1.75 bits per heavy atom. The van der Waals surface area contributed by atoms with Crippen LogP contribution in [-0.4, -0.2) is 63.2 Å². The molecule has 2 aliphatic rings. The van der Waals surface area contributed by atoms with Gasteiger partial charge in [-0.15, -0.1) is 0 Å². The Morgan fingerprint density at radius 3 is 2.45 bits per heavy atom. The molecule has 9 nitrogen and oxygen atoms in total. The van der Waals surface area contributed by atoms with Crippen LogP contribution >= 0.6 is 0 Å². The largest absolute Gasteiger partial charge is 0.486 e. The predicted octanol–water partition coefficient (Wildman–Crippen LogP) is 4.18. The molecular formula is C30H41N3O6S. The third-order valence-electron chi connectivity index (χ3n) is 7.52. The van der Waals surface area contributed by atoms with E-state index in [0.717, 1.165) is 43.1 Å². The quantitative estimate of drug-likeness (QED) is 0.434. The van der Waals surface area contributed by atoms with E-state index in [0.29, 0.717) is 43.4 Å². The molecule has 0 spiro atoms. The zero-order chi connectivity index (χ0) is 28.7. The summed E-state index contributed by atoms with van der Waals surface area (Å²) in [4.78, 5) is 28.4. The van der Waals surface area contributed by atoms with Crippen LogP contribution in [0, 0.1) is 6.92 Å². The molecule has 218 valence electrons. The Morgan fingerprint density at radius 1 is 1.02 bits per heavy atom. The number of nitrogens with one attached hydrogen (secondary N) is 1. The summed E-state index contributed by atoms with van der Waals surface area (Å²) >= 11 is 0. The van der Waals surface area contributed by atoms with Crippen LogP contribution in [0.5, 0.6) is 11.5 Å². The smallest absolute Gasteiger partial charge is 0.242 e. The summed E-state index contributed by atoms with van der Waals surface area (Å²) in [6.07, 6.45) is 6.86. The summed E-state index contributed by atoms with van der Waals surface area (Å²) in [7, 11) is -3.61. The molecule has 4 rings (SSSR count). The third kappa shape index (κ3) is 7.90. The van der Waals surface area contributed by atoms with Gasteiger partial charge in [0.25, 0.3) is 0 Å². The van der Waals surface area contributed by atoms with E-state index >= 15 is 0 Å². The van der Waals surface area contributed by atoms with Crippen LogP contribution in [0.2, 0.25) is 0 Å². The average molecular weight is 572 g/mol. The fourth-order valence-electron chi connectivity index (χ4n) is 5.35. The first-order valence-corrected chi connectivity index (χ1v) is 16.0. The van der Waals surface area contributed by atoms with Crippen LogP contribution in [0.3, 0.4) is 0 Å². The number of aryl methyl sites for hydroxylation is 1. The lowest BCUT2D eigenvalue weighted by Crippen LogP contribution is -2.50. The molecule has 1 N–H and O–H groups in total. The average Bonchev–Trinajstić information content (AvgIpc) is 2.93. The number of ether oxygens (including phenoxy) is 2. The second-order valence-corrected chi connectivity index (χ2v) is 12.7. The highest BCUT2D eigenvalue weighted by atomic mass is 32.2. The van der Waals surface area contributed by atoms with E-state index in [1.807, 2.05) is 31.2 Å². The zero-order valence-corrected chi connectivity index (χ0v) is 24.5. The van der Waals surface area contributed by atoms with E-state index < -0.39 is 16.1 Å². The standard InChI is InChI=1S/C30H41N3O6S/c1-22-9-7-10-24(19-22)21-32(23(2)30(35)31-25-11-5-4-6-12-25)29(34)13-8-16-33(40(3,36)37)26-14-15-27-28(20-26)39-18-17-38-27/h7,9-10,14-15,19-20,23,25H,4-6,8,11-13,16-18,21H2,1-3H3,(H,31,35). The van der Waals surface area contributed by atoms with Crippen LogP contribution in [-0.2, 0) is 26.2 Å². The van der Waals surface area contributed by atoms with Crippen molar-refractivity contribution in [2.45, 2.75) is 77.4 Å². The van der Waals surface area contributed by atoms with Gasteiger partial charge in [0.15, 0.2) is 11.5 Å². The van der Waals surface area contributed by atoms with Crippen LogP contribution in [0.15, 0.2) is 42.5 Å². The minimum Gasteiger partial charge on any atom is -0.486 e. The molecule has 2 aromatic rings. The monoisotopic (exact) mass is 571 g/mol. The Balaban J connectivity index is 1.45. The van der Waals surface area contributed by atoms with Gasteiger partial charge in [-0.2, -0.15) is 0 Å². The lowest BCUT2D eigenvalue weighted by atomic mass is 9.95. The SMILES string of the molecule is Cc1cccc(CN(C(=O)CCCN(c2ccc3c(c2)OCCO3)S(C)(=O)=O)C(C)C(=O)NC2CCCCC2)c1. The highest BCUT2D eigenvalue weighted by Gasteiger charge is 2.28. The second kappa shape index (κ2) is 13.4.